The van der Waals surface area contributed by atoms with Crippen LogP contribution in [-0.4, -0.2) is 40.7 Å². The van der Waals surface area contributed by atoms with Gasteiger partial charge in [-0.05, 0) is 71.9 Å². The molecule has 0 aliphatic carbocycles. The highest BCUT2D eigenvalue weighted by Crippen LogP contribution is 2.43. The number of anilines is 1. The number of aryl methyl sites for hydroxylation is 1. The molecule has 0 amide bonds. The van der Waals surface area contributed by atoms with Crippen LogP contribution in [0.3, 0.4) is 0 Å². The van der Waals surface area contributed by atoms with Gasteiger partial charge in [0, 0.05) is 47.9 Å². The Bertz CT molecular complexity index is 1010. The average molecular weight is 519 g/mol. The van der Waals surface area contributed by atoms with Crippen molar-refractivity contribution in [1.29, 1.82) is 0 Å². The highest BCUT2D eigenvalue weighted by Gasteiger charge is 2.37. The third kappa shape index (κ3) is 8.75. The number of nitrogens with zero attached hydrogens (tertiary/aromatic N) is 3. The molecule has 0 radical (unpaired) electrons. The number of carbonyl (C=O) groups is 1. The summed E-state index contributed by atoms with van der Waals surface area (Å²) in [7, 11) is 0. The van der Waals surface area contributed by atoms with Gasteiger partial charge in [-0.2, -0.15) is 4.39 Å². The molecule has 8 heteroatoms. The molecule has 2 aromatic rings. The maximum absolute atomic E-state index is 13.6. The number of carbonyl (C=O) groups excluding carboxylic acids is 1. The van der Waals surface area contributed by atoms with Gasteiger partial charge in [0.2, 0.25) is 5.95 Å². The lowest BCUT2D eigenvalue weighted by Crippen LogP contribution is -2.39. The van der Waals surface area contributed by atoms with Crippen molar-refractivity contribution >= 4 is 11.7 Å². The van der Waals surface area contributed by atoms with Gasteiger partial charge < -0.3 is 20.5 Å². The van der Waals surface area contributed by atoms with E-state index in [-0.39, 0.29) is 17.7 Å². The Hall–Kier alpha value is -2.58. The Kier molecular flexibility index (Phi) is 11.7. The second kappa shape index (κ2) is 13.3. The number of hydrogen-bond acceptors (Lipinski definition) is 7. The van der Waals surface area contributed by atoms with Crippen molar-refractivity contribution in [2.24, 2.45) is 5.41 Å². The first-order valence-corrected chi connectivity index (χ1v) is 13.0. The number of hydrogen-bond donors (Lipinski definition) is 1. The van der Waals surface area contributed by atoms with Gasteiger partial charge in [0.1, 0.15) is 0 Å². The Morgan fingerprint density at radius 2 is 1.68 bits per heavy atom. The summed E-state index contributed by atoms with van der Waals surface area (Å²) in [5.41, 5.74) is 3.46. The SMILES string of the molecule is CC.Cc1ncc(-c2ccc(F)nc2)c(N2CCC(C)(C)CC2)c1[C@H](OC(C)(C)C)C(=O)OC(C)C.N. The van der Waals surface area contributed by atoms with Crippen LogP contribution < -0.4 is 11.1 Å². The number of aromatic nitrogens is 2. The van der Waals surface area contributed by atoms with Crippen LogP contribution in [0.5, 0.6) is 0 Å². The predicted octanol–water partition coefficient (Wildman–Crippen LogP) is 7.21. The topological polar surface area (TPSA) is 99.5 Å². The summed E-state index contributed by atoms with van der Waals surface area (Å²) in [6.45, 7) is 21.5. The standard InChI is InChI=1S/C27H38FN3O3.C2H6.H3N/c1-17(2)33-25(32)24(34-26(4,5)6)22-18(3)29-16-20(19-9-10-21(28)30-15-19)23(22)31-13-11-27(7,8)12-14-31;1-2;/h9-10,15-17,24H,11-14H2,1-8H3;1-2H3;1H3/t24-;;/m0../s1. The first kappa shape index (κ1) is 32.4. The van der Waals surface area contributed by atoms with E-state index in [1.54, 1.807) is 12.3 Å². The number of pyridine rings is 2. The lowest BCUT2D eigenvalue weighted by Gasteiger charge is -2.41. The monoisotopic (exact) mass is 518 g/mol. The summed E-state index contributed by atoms with van der Waals surface area (Å²) < 4.78 is 25.6. The first-order chi connectivity index (χ1) is 16.8. The second-order valence-corrected chi connectivity index (χ2v) is 11.1. The van der Waals surface area contributed by atoms with Crippen molar-refractivity contribution in [3.8, 4) is 11.1 Å². The quantitative estimate of drug-likeness (QED) is 0.318. The molecule has 2 aromatic heterocycles. The van der Waals surface area contributed by atoms with Crippen LogP contribution in [0.15, 0.2) is 24.5 Å². The maximum atomic E-state index is 13.6. The number of rotatable bonds is 6. The van der Waals surface area contributed by atoms with Crippen molar-refractivity contribution in [2.75, 3.05) is 18.0 Å². The summed E-state index contributed by atoms with van der Waals surface area (Å²) in [6, 6.07) is 3.04. The molecule has 0 bridgehead atoms. The van der Waals surface area contributed by atoms with Gasteiger partial charge >= 0.3 is 5.97 Å². The Morgan fingerprint density at radius 1 is 1.08 bits per heavy atom. The van der Waals surface area contributed by atoms with Gasteiger partial charge in [-0.15, -0.1) is 0 Å². The predicted molar refractivity (Wildman–Crippen MR) is 149 cm³/mol. The molecule has 37 heavy (non-hydrogen) atoms. The Morgan fingerprint density at radius 3 is 2.16 bits per heavy atom. The molecule has 1 fully saturated rings. The van der Waals surface area contributed by atoms with E-state index in [1.807, 2.05) is 55.4 Å². The summed E-state index contributed by atoms with van der Waals surface area (Å²) in [6.07, 6.45) is 4.08. The van der Waals surface area contributed by atoms with Crippen molar-refractivity contribution in [3.63, 3.8) is 0 Å². The minimum absolute atomic E-state index is 0. The largest absolute Gasteiger partial charge is 0.461 e. The zero-order valence-corrected chi connectivity index (χ0v) is 24.4. The fraction of sp³-hybridized carbons (Fsp3) is 0.621. The fourth-order valence-corrected chi connectivity index (χ4v) is 4.22. The molecule has 3 rings (SSSR count). The Labute approximate surface area is 222 Å². The minimum atomic E-state index is -0.951. The highest BCUT2D eigenvalue weighted by atomic mass is 19.1. The Balaban J connectivity index is 0.00000223. The molecule has 1 atom stereocenters. The molecule has 0 unspecified atom stereocenters. The molecule has 208 valence electrons. The van der Waals surface area contributed by atoms with E-state index in [0.717, 1.165) is 42.7 Å². The average Bonchev–Trinajstić information content (AvgIpc) is 2.78. The van der Waals surface area contributed by atoms with E-state index in [9.17, 15) is 9.18 Å². The van der Waals surface area contributed by atoms with Crippen LogP contribution in [0.25, 0.3) is 11.1 Å². The van der Waals surface area contributed by atoms with Gasteiger partial charge in [0.25, 0.3) is 0 Å². The normalized spacial score (nSPS) is 15.8. The molecule has 0 aromatic carbocycles. The number of piperidine rings is 1. The zero-order chi connectivity index (χ0) is 27.3. The van der Waals surface area contributed by atoms with Gasteiger partial charge in [-0.25, -0.2) is 9.78 Å². The van der Waals surface area contributed by atoms with Crippen molar-refractivity contribution in [1.82, 2.24) is 16.1 Å². The smallest absolute Gasteiger partial charge is 0.340 e. The third-order valence-electron chi connectivity index (χ3n) is 6.06. The number of esters is 1. The van der Waals surface area contributed by atoms with Crippen LogP contribution in [0.2, 0.25) is 0 Å². The van der Waals surface area contributed by atoms with Crippen LogP contribution in [-0.2, 0) is 14.3 Å². The molecule has 0 saturated carbocycles. The van der Waals surface area contributed by atoms with Crippen LogP contribution in [0.1, 0.15) is 92.5 Å². The van der Waals surface area contributed by atoms with E-state index in [2.05, 4.69) is 28.7 Å². The minimum Gasteiger partial charge on any atom is -0.461 e. The summed E-state index contributed by atoms with van der Waals surface area (Å²) >= 11 is 0. The lowest BCUT2D eigenvalue weighted by atomic mass is 9.82. The second-order valence-electron chi connectivity index (χ2n) is 11.1. The molecule has 1 aliphatic rings. The van der Waals surface area contributed by atoms with Gasteiger partial charge in [-0.3, -0.25) is 4.98 Å². The molecule has 3 heterocycles. The van der Waals surface area contributed by atoms with E-state index in [1.165, 1.54) is 12.3 Å². The molecular weight excluding hydrogens is 471 g/mol. The molecule has 7 nitrogen and oxygen atoms in total. The van der Waals surface area contributed by atoms with E-state index >= 15 is 0 Å². The van der Waals surface area contributed by atoms with E-state index in [4.69, 9.17) is 9.47 Å². The molecule has 3 N–H and O–H groups in total. The fourth-order valence-electron chi connectivity index (χ4n) is 4.22. The number of halogens is 1. The van der Waals surface area contributed by atoms with Crippen molar-refractivity contribution < 1.29 is 18.7 Å². The van der Waals surface area contributed by atoms with Crippen LogP contribution in [0.4, 0.5) is 10.1 Å². The first-order valence-electron chi connectivity index (χ1n) is 13.0. The molecular formula is C29H47FN4O3. The van der Waals surface area contributed by atoms with Gasteiger partial charge in [0.05, 0.1) is 17.4 Å². The van der Waals surface area contributed by atoms with Crippen molar-refractivity contribution in [2.45, 2.75) is 99.9 Å². The highest BCUT2D eigenvalue weighted by molar-refractivity contribution is 5.87. The lowest BCUT2D eigenvalue weighted by molar-refractivity contribution is -0.171. The van der Waals surface area contributed by atoms with Gasteiger partial charge in [0.15, 0.2) is 6.10 Å². The van der Waals surface area contributed by atoms with Crippen LogP contribution in [0, 0.1) is 18.3 Å². The van der Waals surface area contributed by atoms with Gasteiger partial charge in [-0.1, -0.05) is 27.7 Å². The summed E-state index contributed by atoms with van der Waals surface area (Å²) in [5, 5.41) is 0. The van der Waals surface area contributed by atoms with Crippen molar-refractivity contribution in [3.05, 3.63) is 41.7 Å². The summed E-state index contributed by atoms with van der Waals surface area (Å²) in [5.74, 6) is -0.984. The summed E-state index contributed by atoms with van der Waals surface area (Å²) in [4.78, 5) is 24.2. The van der Waals surface area contributed by atoms with Crippen LogP contribution >= 0.6 is 0 Å². The third-order valence-corrected chi connectivity index (χ3v) is 6.06. The molecule has 1 saturated heterocycles. The zero-order valence-electron chi connectivity index (χ0n) is 24.4. The van der Waals surface area contributed by atoms with E-state index in [0.29, 0.717) is 11.3 Å². The molecule has 1 aliphatic heterocycles. The molecule has 0 spiro atoms. The number of ether oxygens (including phenoxy) is 2. The maximum Gasteiger partial charge on any atom is 0.340 e. The van der Waals surface area contributed by atoms with E-state index < -0.39 is 23.6 Å².